The first-order valence-electron chi connectivity index (χ1n) is 12.8. The van der Waals surface area contributed by atoms with Crippen LogP contribution in [0.5, 0.6) is 11.5 Å². The molecule has 0 aliphatic carbocycles. The molecule has 0 saturated carbocycles. The fourth-order valence-corrected chi connectivity index (χ4v) is 4.28. The minimum Gasteiger partial charge on any atom is -0.453 e. The van der Waals surface area contributed by atoms with Crippen LogP contribution in [-0.2, 0) is 16.1 Å². The van der Waals surface area contributed by atoms with Crippen molar-refractivity contribution >= 4 is 40.5 Å². The van der Waals surface area contributed by atoms with E-state index in [1.165, 1.54) is 31.8 Å². The zero-order valence-corrected chi connectivity index (χ0v) is 23.2. The van der Waals surface area contributed by atoms with Crippen molar-refractivity contribution in [1.82, 2.24) is 20.3 Å². The molecule has 0 atom stereocenters. The Hall–Kier alpha value is -5.00. The summed E-state index contributed by atoms with van der Waals surface area (Å²) in [5, 5.41) is 3.01. The van der Waals surface area contributed by atoms with Crippen molar-refractivity contribution in [2.75, 3.05) is 24.4 Å². The van der Waals surface area contributed by atoms with Gasteiger partial charge in [-0.1, -0.05) is 41.9 Å². The zero-order valence-electron chi connectivity index (χ0n) is 22.5. The third kappa shape index (κ3) is 6.48. The number of ether oxygens (including phenoxy) is 2. The number of nitrogens with zero attached hydrogens (tertiary/aromatic N) is 4. The average molecular weight is 589 g/mol. The van der Waals surface area contributed by atoms with Crippen LogP contribution in [0.3, 0.4) is 0 Å². The number of hydrogen-bond donors (Lipinski definition) is 2. The number of aromatic nitrogens is 3. The van der Waals surface area contributed by atoms with E-state index in [-0.39, 0.29) is 47.1 Å². The van der Waals surface area contributed by atoms with Crippen LogP contribution in [-0.4, -0.2) is 34.6 Å². The van der Waals surface area contributed by atoms with Crippen molar-refractivity contribution in [2.45, 2.75) is 13.0 Å². The molecule has 0 saturated heterocycles. The number of hydrogen-bond acceptors (Lipinski definition) is 9. The molecule has 5 aromatic rings. The molecule has 0 aliphatic heterocycles. The Morgan fingerprint density at radius 2 is 1.83 bits per heavy atom. The van der Waals surface area contributed by atoms with Crippen LogP contribution in [0.15, 0.2) is 89.8 Å². The molecule has 0 radical (unpaired) electrons. The van der Waals surface area contributed by atoms with Crippen molar-refractivity contribution in [1.29, 1.82) is 0 Å². The second kappa shape index (κ2) is 13.1. The summed E-state index contributed by atoms with van der Waals surface area (Å²) in [5.41, 5.74) is 8.49. The number of para-hydroxylation sites is 2. The molecule has 2 aromatic heterocycles. The average Bonchev–Trinajstić information content (AvgIpc) is 3.46. The number of benzene rings is 3. The number of nitrogen functional groups attached to an aromatic ring is 1. The smallest absolute Gasteiger partial charge is 0.233 e. The van der Waals surface area contributed by atoms with E-state index in [2.05, 4.69) is 20.3 Å². The maximum atomic E-state index is 14.2. The minimum atomic E-state index is -0.510. The highest BCUT2D eigenvalue weighted by atomic mass is 35.5. The number of carbonyl (C=O) groups is 1. The van der Waals surface area contributed by atoms with Gasteiger partial charge in [-0.15, -0.1) is 0 Å². The van der Waals surface area contributed by atoms with Crippen LogP contribution >= 0.6 is 11.6 Å². The number of nitrogens with one attached hydrogen (secondary N) is 1. The lowest BCUT2D eigenvalue weighted by Crippen LogP contribution is -2.23. The third-order valence-electron chi connectivity index (χ3n) is 6.08. The Bertz CT molecular complexity index is 1680. The summed E-state index contributed by atoms with van der Waals surface area (Å²) in [4.78, 5) is 27.0. The molecule has 5 rings (SSSR count). The van der Waals surface area contributed by atoms with E-state index in [1.807, 2.05) is 35.2 Å². The molecule has 3 aromatic carbocycles. The van der Waals surface area contributed by atoms with Gasteiger partial charge in [0.2, 0.25) is 11.8 Å². The van der Waals surface area contributed by atoms with Crippen LogP contribution in [0.2, 0.25) is 5.02 Å². The highest BCUT2D eigenvalue weighted by molar-refractivity contribution is 6.32. The summed E-state index contributed by atoms with van der Waals surface area (Å²) in [6.07, 6.45) is 2.99. The second-order valence-corrected chi connectivity index (χ2v) is 9.35. The molecular formula is C30H26ClFN6O4. The molecule has 3 N–H and O–H groups in total. The van der Waals surface area contributed by atoms with Crippen LogP contribution in [0.4, 0.5) is 27.4 Å². The highest BCUT2D eigenvalue weighted by Crippen LogP contribution is 2.43. The molecule has 0 aliphatic rings. The maximum absolute atomic E-state index is 14.2. The first-order chi connectivity index (χ1) is 20.4. The number of oxazole rings is 1. The van der Waals surface area contributed by atoms with Crippen LogP contribution in [0, 0.1) is 5.82 Å². The lowest BCUT2D eigenvalue weighted by Gasteiger charge is -2.26. The summed E-state index contributed by atoms with van der Waals surface area (Å²) in [5.74, 6) is 0.284. The van der Waals surface area contributed by atoms with E-state index in [1.54, 1.807) is 30.3 Å². The van der Waals surface area contributed by atoms with Crippen LogP contribution in [0.25, 0.3) is 11.5 Å². The molecule has 214 valence electrons. The predicted octanol–water partition coefficient (Wildman–Crippen LogP) is 6.42. The Morgan fingerprint density at radius 3 is 2.60 bits per heavy atom. The summed E-state index contributed by atoms with van der Waals surface area (Å²) >= 11 is 6.63. The summed E-state index contributed by atoms with van der Waals surface area (Å²) in [7, 11) is 1.53. The normalized spacial score (nSPS) is 10.8. The van der Waals surface area contributed by atoms with Gasteiger partial charge in [0.15, 0.2) is 17.4 Å². The van der Waals surface area contributed by atoms with Gasteiger partial charge >= 0.3 is 0 Å². The van der Waals surface area contributed by atoms with Gasteiger partial charge in [-0.2, -0.15) is 0 Å². The standard InChI is InChI=1S/C30H26ClFN6O4/c1-40-14-13-26(39)34-16-19-17-41-30(37-19)27-28(33)35-18-36-29(27)38(20-7-3-2-4-8-20)21-11-12-24(22(31)15-21)42-25-10-6-5-9-23(25)32/h2-12,15,17-18H,13-14,16H2,1H3,(H,34,39)(H2,33,35,36). The van der Waals surface area contributed by atoms with E-state index in [0.29, 0.717) is 29.4 Å². The molecule has 0 fully saturated rings. The van der Waals surface area contributed by atoms with E-state index in [4.69, 9.17) is 31.2 Å². The van der Waals surface area contributed by atoms with Gasteiger partial charge in [-0.3, -0.25) is 9.69 Å². The van der Waals surface area contributed by atoms with E-state index < -0.39 is 5.82 Å². The number of halogens is 2. The van der Waals surface area contributed by atoms with E-state index in [0.717, 1.165) is 5.69 Å². The topological polar surface area (TPSA) is 129 Å². The number of nitrogens with two attached hydrogens (primary N) is 1. The Morgan fingerprint density at radius 1 is 1.05 bits per heavy atom. The molecular weight excluding hydrogens is 563 g/mol. The van der Waals surface area contributed by atoms with Gasteiger partial charge < -0.3 is 24.9 Å². The van der Waals surface area contributed by atoms with Gasteiger partial charge in [0.05, 0.1) is 23.9 Å². The fraction of sp³-hybridized carbons (Fsp3) is 0.133. The third-order valence-corrected chi connectivity index (χ3v) is 6.37. The molecule has 12 heteroatoms. The van der Waals surface area contributed by atoms with Gasteiger partial charge in [0.25, 0.3) is 0 Å². The van der Waals surface area contributed by atoms with Gasteiger partial charge in [0, 0.05) is 24.9 Å². The predicted molar refractivity (Wildman–Crippen MR) is 156 cm³/mol. The van der Waals surface area contributed by atoms with E-state index >= 15 is 0 Å². The maximum Gasteiger partial charge on any atom is 0.233 e. The Balaban J connectivity index is 1.51. The number of rotatable bonds is 11. The van der Waals surface area contributed by atoms with Crippen molar-refractivity contribution < 1.29 is 23.1 Å². The number of anilines is 4. The number of methoxy groups -OCH3 is 1. The molecule has 0 unspecified atom stereocenters. The fourth-order valence-electron chi connectivity index (χ4n) is 4.07. The summed E-state index contributed by atoms with van der Waals surface area (Å²) in [6.45, 7) is 0.461. The highest BCUT2D eigenvalue weighted by Gasteiger charge is 2.25. The Kier molecular flexibility index (Phi) is 8.90. The van der Waals surface area contributed by atoms with Gasteiger partial charge in [-0.25, -0.2) is 19.3 Å². The zero-order chi connectivity index (χ0) is 29.5. The number of amides is 1. The largest absolute Gasteiger partial charge is 0.453 e. The van der Waals surface area contributed by atoms with Crippen LogP contribution in [0.1, 0.15) is 12.1 Å². The van der Waals surface area contributed by atoms with Crippen molar-refractivity contribution in [3.8, 4) is 23.0 Å². The van der Waals surface area contributed by atoms with Gasteiger partial charge in [0.1, 0.15) is 29.7 Å². The lowest BCUT2D eigenvalue weighted by atomic mass is 10.1. The summed E-state index contributed by atoms with van der Waals surface area (Å²) < 4.78 is 30.6. The van der Waals surface area contributed by atoms with Crippen molar-refractivity contribution in [2.24, 2.45) is 0 Å². The summed E-state index contributed by atoms with van der Waals surface area (Å²) in [6, 6.07) is 20.5. The molecule has 2 heterocycles. The molecule has 1 amide bonds. The first kappa shape index (κ1) is 28.5. The van der Waals surface area contributed by atoms with Gasteiger partial charge in [-0.05, 0) is 42.5 Å². The second-order valence-electron chi connectivity index (χ2n) is 8.94. The Labute approximate surface area is 245 Å². The van der Waals surface area contributed by atoms with Crippen molar-refractivity contribution in [3.05, 3.63) is 102 Å². The monoisotopic (exact) mass is 588 g/mol. The molecule has 42 heavy (non-hydrogen) atoms. The van der Waals surface area contributed by atoms with Crippen molar-refractivity contribution in [3.63, 3.8) is 0 Å². The van der Waals surface area contributed by atoms with Crippen LogP contribution < -0.4 is 20.7 Å². The SMILES string of the molecule is COCCC(=O)NCc1coc(-c2c(N)ncnc2N(c2ccccc2)c2ccc(Oc3ccccc3F)c(Cl)c2)n1. The lowest BCUT2D eigenvalue weighted by molar-refractivity contribution is -0.122. The molecule has 0 bridgehead atoms. The number of carbonyl (C=O) groups excluding carboxylic acids is 1. The first-order valence-corrected chi connectivity index (χ1v) is 13.2. The van der Waals surface area contributed by atoms with E-state index in [9.17, 15) is 9.18 Å². The minimum absolute atomic E-state index is 0.0486. The quantitative estimate of drug-likeness (QED) is 0.179. The molecule has 10 nitrogen and oxygen atoms in total. The molecule has 0 spiro atoms.